The molecule has 0 saturated heterocycles. The van der Waals surface area contributed by atoms with Gasteiger partial charge in [-0.05, 0) is 30.4 Å². The van der Waals surface area contributed by atoms with E-state index < -0.39 is 0 Å². The Labute approximate surface area is 97.7 Å². The van der Waals surface area contributed by atoms with Crippen molar-refractivity contribution in [2.24, 2.45) is 5.41 Å². The molecular weight excluding hydrogens is 198 g/mol. The summed E-state index contributed by atoms with van der Waals surface area (Å²) in [5.41, 5.74) is 2.68. The van der Waals surface area contributed by atoms with E-state index in [-0.39, 0.29) is 5.41 Å². The molecule has 2 rings (SSSR count). The highest BCUT2D eigenvalue weighted by atomic mass is 15.1. The average molecular weight is 219 g/mol. The van der Waals surface area contributed by atoms with E-state index in [1.54, 1.807) is 0 Å². The molecule has 2 heterocycles. The molecule has 1 aliphatic rings. The maximum atomic E-state index is 4.43. The Morgan fingerprint density at radius 3 is 2.81 bits per heavy atom. The van der Waals surface area contributed by atoms with Crippen LogP contribution in [-0.2, 0) is 0 Å². The second-order valence-electron chi connectivity index (χ2n) is 5.63. The zero-order valence-corrected chi connectivity index (χ0v) is 10.6. The molecular formula is C13H21N3. The molecule has 1 atom stereocenters. The first kappa shape index (κ1) is 11.2. The van der Waals surface area contributed by atoms with E-state index in [4.69, 9.17) is 0 Å². The zero-order chi connectivity index (χ0) is 11.8. The van der Waals surface area contributed by atoms with Crippen molar-refractivity contribution in [2.75, 3.05) is 17.2 Å². The Kier molecular flexibility index (Phi) is 2.78. The minimum absolute atomic E-state index is 0.259. The van der Waals surface area contributed by atoms with Crippen LogP contribution in [0.5, 0.6) is 0 Å². The molecule has 0 fully saturated rings. The van der Waals surface area contributed by atoms with E-state index >= 15 is 0 Å². The van der Waals surface area contributed by atoms with E-state index in [0.717, 1.165) is 24.5 Å². The SMILES string of the molecule is Cc1ccnc2c1NCCC(C(C)(C)C)N2. The summed E-state index contributed by atoms with van der Waals surface area (Å²) in [5.74, 6) is 0.998. The monoisotopic (exact) mass is 219 g/mol. The van der Waals surface area contributed by atoms with Gasteiger partial charge in [-0.3, -0.25) is 0 Å². The third kappa shape index (κ3) is 2.13. The zero-order valence-electron chi connectivity index (χ0n) is 10.6. The van der Waals surface area contributed by atoms with Crippen molar-refractivity contribution in [1.82, 2.24) is 4.98 Å². The first-order chi connectivity index (χ1) is 7.48. The summed E-state index contributed by atoms with van der Waals surface area (Å²) in [6.07, 6.45) is 2.99. The Morgan fingerprint density at radius 2 is 2.12 bits per heavy atom. The van der Waals surface area contributed by atoms with Crippen molar-refractivity contribution >= 4 is 11.5 Å². The summed E-state index contributed by atoms with van der Waals surface area (Å²) in [6.45, 7) is 9.93. The highest BCUT2D eigenvalue weighted by Gasteiger charge is 2.27. The van der Waals surface area contributed by atoms with Gasteiger partial charge in [-0.25, -0.2) is 4.98 Å². The van der Waals surface area contributed by atoms with Gasteiger partial charge in [0.2, 0.25) is 0 Å². The van der Waals surface area contributed by atoms with E-state index in [0.29, 0.717) is 6.04 Å². The van der Waals surface area contributed by atoms with Crippen LogP contribution >= 0.6 is 0 Å². The molecule has 1 unspecified atom stereocenters. The second-order valence-corrected chi connectivity index (χ2v) is 5.63. The molecule has 0 spiro atoms. The maximum Gasteiger partial charge on any atom is 0.149 e. The van der Waals surface area contributed by atoms with Gasteiger partial charge in [0.05, 0.1) is 5.69 Å². The van der Waals surface area contributed by atoms with Gasteiger partial charge in [0, 0.05) is 18.8 Å². The number of fused-ring (bicyclic) bond motifs is 1. The van der Waals surface area contributed by atoms with Crippen LogP contribution in [0.15, 0.2) is 12.3 Å². The van der Waals surface area contributed by atoms with Crippen molar-refractivity contribution in [1.29, 1.82) is 0 Å². The molecule has 88 valence electrons. The summed E-state index contributed by atoms with van der Waals surface area (Å²) < 4.78 is 0. The predicted molar refractivity (Wildman–Crippen MR) is 68.9 cm³/mol. The lowest BCUT2D eigenvalue weighted by atomic mass is 9.85. The summed E-state index contributed by atoms with van der Waals surface area (Å²) in [5, 5.41) is 7.04. The second kappa shape index (κ2) is 3.96. The van der Waals surface area contributed by atoms with E-state index in [1.807, 2.05) is 12.3 Å². The topological polar surface area (TPSA) is 37.0 Å². The number of nitrogens with one attached hydrogen (secondary N) is 2. The molecule has 0 aliphatic carbocycles. The van der Waals surface area contributed by atoms with Crippen LogP contribution in [0.25, 0.3) is 0 Å². The molecule has 0 amide bonds. The van der Waals surface area contributed by atoms with Crippen LogP contribution in [0.4, 0.5) is 11.5 Å². The third-order valence-electron chi connectivity index (χ3n) is 3.25. The number of rotatable bonds is 0. The van der Waals surface area contributed by atoms with Crippen molar-refractivity contribution in [3.05, 3.63) is 17.8 Å². The number of anilines is 2. The first-order valence-electron chi connectivity index (χ1n) is 5.94. The molecule has 2 N–H and O–H groups in total. The van der Waals surface area contributed by atoms with Crippen LogP contribution in [0.2, 0.25) is 0 Å². The van der Waals surface area contributed by atoms with Gasteiger partial charge in [-0.1, -0.05) is 20.8 Å². The van der Waals surface area contributed by atoms with Gasteiger partial charge in [-0.15, -0.1) is 0 Å². The molecule has 0 bridgehead atoms. The fourth-order valence-electron chi connectivity index (χ4n) is 2.12. The van der Waals surface area contributed by atoms with Crippen LogP contribution in [-0.4, -0.2) is 17.6 Å². The van der Waals surface area contributed by atoms with Gasteiger partial charge in [0.1, 0.15) is 5.82 Å². The van der Waals surface area contributed by atoms with Gasteiger partial charge in [-0.2, -0.15) is 0 Å². The number of hydrogen-bond acceptors (Lipinski definition) is 3. The number of aromatic nitrogens is 1. The lowest BCUT2D eigenvalue weighted by Gasteiger charge is -2.30. The number of pyridine rings is 1. The first-order valence-corrected chi connectivity index (χ1v) is 5.94. The molecule has 0 aromatic carbocycles. The van der Waals surface area contributed by atoms with Crippen LogP contribution in [0.1, 0.15) is 32.8 Å². The summed E-state index contributed by atoms with van der Waals surface area (Å²) in [4.78, 5) is 4.43. The van der Waals surface area contributed by atoms with Gasteiger partial charge in [0.15, 0.2) is 0 Å². The third-order valence-corrected chi connectivity index (χ3v) is 3.25. The Balaban J connectivity index is 2.32. The van der Waals surface area contributed by atoms with E-state index in [2.05, 4.69) is 43.3 Å². The normalized spacial score (nSPS) is 20.4. The summed E-state index contributed by atoms with van der Waals surface area (Å²) in [7, 11) is 0. The van der Waals surface area contributed by atoms with E-state index in [1.165, 1.54) is 5.56 Å². The van der Waals surface area contributed by atoms with Crippen molar-refractivity contribution in [2.45, 2.75) is 40.2 Å². The Bertz CT molecular complexity index is 379. The van der Waals surface area contributed by atoms with E-state index in [9.17, 15) is 0 Å². The maximum absolute atomic E-state index is 4.43. The Hall–Kier alpha value is -1.25. The predicted octanol–water partition coefficient (Wildman–Crippen LogP) is 3.03. The average Bonchev–Trinajstić information content (AvgIpc) is 2.39. The standard InChI is InChI=1S/C13H21N3/c1-9-5-7-15-12-11(9)14-8-6-10(16-12)13(2,3)4/h5,7,10,14H,6,8H2,1-4H3,(H,15,16). The quantitative estimate of drug-likeness (QED) is 0.704. The van der Waals surface area contributed by atoms with Gasteiger partial charge >= 0.3 is 0 Å². The lowest BCUT2D eigenvalue weighted by Crippen LogP contribution is -2.34. The number of hydrogen-bond donors (Lipinski definition) is 2. The van der Waals surface area contributed by atoms with Gasteiger partial charge < -0.3 is 10.6 Å². The lowest BCUT2D eigenvalue weighted by molar-refractivity contribution is 0.332. The minimum atomic E-state index is 0.259. The van der Waals surface area contributed by atoms with Crippen molar-refractivity contribution in [3.63, 3.8) is 0 Å². The van der Waals surface area contributed by atoms with Gasteiger partial charge in [0.25, 0.3) is 0 Å². The molecule has 3 nitrogen and oxygen atoms in total. The molecule has 1 aromatic heterocycles. The van der Waals surface area contributed by atoms with Crippen LogP contribution in [0, 0.1) is 12.3 Å². The molecule has 16 heavy (non-hydrogen) atoms. The minimum Gasteiger partial charge on any atom is -0.382 e. The molecule has 0 saturated carbocycles. The largest absolute Gasteiger partial charge is 0.382 e. The van der Waals surface area contributed by atoms with Crippen molar-refractivity contribution in [3.8, 4) is 0 Å². The van der Waals surface area contributed by atoms with Crippen molar-refractivity contribution < 1.29 is 0 Å². The number of nitrogens with zero attached hydrogens (tertiary/aromatic N) is 1. The fraction of sp³-hybridized carbons (Fsp3) is 0.615. The molecule has 3 heteroatoms. The van der Waals surface area contributed by atoms with Crippen LogP contribution < -0.4 is 10.6 Å². The molecule has 0 radical (unpaired) electrons. The van der Waals surface area contributed by atoms with Crippen LogP contribution in [0.3, 0.4) is 0 Å². The summed E-state index contributed by atoms with van der Waals surface area (Å²) >= 11 is 0. The highest BCUT2D eigenvalue weighted by molar-refractivity contribution is 5.69. The molecule has 1 aliphatic heterocycles. The smallest absolute Gasteiger partial charge is 0.149 e. The Morgan fingerprint density at radius 1 is 1.38 bits per heavy atom. The fourth-order valence-corrected chi connectivity index (χ4v) is 2.12. The molecule has 1 aromatic rings. The number of aryl methyl sites for hydroxylation is 1. The summed E-state index contributed by atoms with van der Waals surface area (Å²) in [6, 6.07) is 2.51. The highest BCUT2D eigenvalue weighted by Crippen LogP contribution is 2.32.